The SMILES string of the molecule is O=C(Nc1cc(-c2ccc3cc[nH]c3c2)cc2c1C(c1cc(F)ccc1Cl)NC2=O)c1cc(F)cc(C(F)(F)F)c1. The molecule has 1 unspecified atom stereocenters. The summed E-state index contributed by atoms with van der Waals surface area (Å²) < 4.78 is 68.2. The Morgan fingerprint density at radius 1 is 0.878 bits per heavy atom. The lowest BCUT2D eigenvalue weighted by Crippen LogP contribution is -2.21. The molecule has 5 aromatic rings. The van der Waals surface area contributed by atoms with E-state index < -0.39 is 46.8 Å². The highest BCUT2D eigenvalue weighted by molar-refractivity contribution is 6.31. The van der Waals surface area contributed by atoms with Crippen LogP contribution in [0.1, 0.15) is 43.4 Å². The number of fused-ring (bicyclic) bond motifs is 2. The Labute approximate surface area is 234 Å². The van der Waals surface area contributed by atoms with Gasteiger partial charge < -0.3 is 15.6 Å². The number of halogens is 6. The molecule has 0 bridgehead atoms. The number of aromatic amines is 1. The van der Waals surface area contributed by atoms with Gasteiger partial charge in [0.25, 0.3) is 11.8 Å². The zero-order valence-corrected chi connectivity index (χ0v) is 21.4. The number of alkyl halides is 3. The maximum Gasteiger partial charge on any atom is 0.416 e. The number of carbonyl (C=O) groups excluding carboxylic acids is 2. The average Bonchev–Trinajstić information content (AvgIpc) is 3.53. The molecule has 0 radical (unpaired) electrons. The number of anilines is 1. The van der Waals surface area contributed by atoms with Crippen LogP contribution in [-0.4, -0.2) is 16.8 Å². The first-order valence-corrected chi connectivity index (χ1v) is 12.6. The molecule has 0 spiro atoms. The molecule has 11 heteroatoms. The topological polar surface area (TPSA) is 74.0 Å². The summed E-state index contributed by atoms with van der Waals surface area (Å²) in [4.78, 5) is 29.5. The normalized spacial score (nSPS) is 14.7. The number of benzene rings is 4. The van der Waals surface area contributed by atoms with Crippen molar-refractivity contribution in [3.05, 3.63) is 123 Å². The van der Waals surface area contributed by atoms with Crippen molar-refractivity contribution in [1.29, 1.82) is 0 Å². The Morgan fingerprint density at radius 2 is 1.68 bits per heavy atom. The third-order valence-corrected chi connectivity index (χ3v) is 7.23. The van der Waals surface area contributed by atoms with Gasteiger partial charge in [-0.15, -0.1) is 0 Å². The number of carbonyl (C=O) groups is 2. The molecule has 41 heavy (non-hydrogen) atoms. The van der Waals surface area contributed by atoms with Gasteiger partial charge in [-0.05, 0) is 77.2 Å². The number of rotatable bonds is 4. The van der Waals surface area contributed by atoms with Gasteiger partial charge in [0.05, 0.1) is 11.6 Å². The van der Waals surface area contributed by atoms with Crippen LogP contribution in [0.15, 0.2) is 79.0 Å². The van der Waals surface area contributed by atoms with Gasteiger partial charge in [-0.25, -0.2) is 8.78 Å². The van der Waals surface area contributed by atoms with E-state index >= 15 is 0 Å². The van der Waals surface area contributed by atoms with Gasteiger partial charge in [-0.3, -0.25) is 9.59 Å². The molecule has 3 N–H and O–H groups in total. The van der Waals surface area contributed by atoms with Gasteiger partial charge in [0.15, 0.2) is 0 Å². The highest BCUT2D eigenvalue weighted by atomic mass is 35.5. The lowest BCUT2D eigenvalue weighted by Gasteiger charge is -2.19. The first kappa shape index (κ1) is 26.5. The summed E-state index contributed by atoms with van der Waals surface area (Å²) >= 11 is 6.34. The van der Waals surface area contributed by atoms with E-state index in [1.807, 2.05) is 18.2 Å². The molecule has 2 amide bonds. The molecule has 4 aromatic carbocycles. The average molecular weight is 582 g/mol. The van der Waals surface area contributed by atoms with Crippen molar-refractivity contribution in [2.45, 2.75) is 12.2 Å². The number of H-pyrrole nitrogens is 1. The first-order valence-electron chi connectivity index (χ1n) is 12.2. The second-order valence-electron chi connectivity index (χ2n) is 9.52. The Kier molecular flexibility index (Phi) is 6.30. The van der Waals surface area contributed by atoms with Crippen LogP contribution in [-0.2, 0) is 6.18 Å². The van der Waals surface area contributed by atoms with Crippen LogP contribution in [0.4, 0.5) is 27.6 Å². The van der Waals surface area contributed by atoms with E-state index in [0.717, 1.165) is 23.0 Å². The lowest BCUT2D eigenvalue weighted by atomic mass is 9.92. The van der Waals surface area contributed by atoms with Gasteiger partial charge in [0.2, 0.25) is 0 Å². The van der Waals surface area contributed by atoms with Crippen molar-refractivity contribution in [1.82, 2.24) is 10.3 Å². The van der Waals surface area contributed by atoms with Crippen LogP contribution in [0.3, 0.4) is 0 Å². The summed E-state index contributed by atoms with van der Waals surface area (Å²) in [6.07, 6.45) is -3.12. The molecule has 2 heterocycles. The van der Waals surface area contributed by atoms with Crippen molar-refractivity contribution in [3.63, 3.8) is 0 Å². The molecule has 5 nitrogen and oxygen atoms in total. The molecular formula is C30H17ClF5N3O2. The molecule has 0 aliphatic carbocycles. The first-order chi connectivity index (χ1) is 19.5. The second-order valence-corrected chi connectivity index (χ2v) is 9.92. The summed E-state index contributed by atoms with van der Waals surface area (Å²) in [5.74, 6) is -3.44. The fourth-order valence-corrected chi connectivity index (χ4v) is 5.21. The number of hydrogen-bond donors (Lipinski definition) is 3. The van der Waals surface area contributed by atoms with Crippen molar-refractivity contribution >= 4 is 40.0 Å². The highest BCUT2D eigenvalue weighted by Crippen LogP contribution is 2.42. The van der Waals surface area contributed by atoms with Gasteiger partial charge in [-0.2, -0.15) is 13.2 Å². The van der Waals surface area contributed by atoms with Gasteiger partial charge in [0, 0.05) is 44.7 Å². The molecule has 1 atom stereocenters. The minimum Gasteiger partial charge on any atom is -0.361 e. The second kappa shape index (κ2) is 9.74. The lowest BCUT2D eigenvalue weighted by molar-refractivity contribution is -0.137. The van der Waals surface area contributed by atoms with E-state index in [1.165, 1.54) is 6.07 Å². The van der Waals surface area contributed by atoms with Gasteiger partial charge >= 0.3 is 6.18 Å². The van der Waals surface area contributed by atoms with Crippen LogP contribution >= 0.6 is 11.6 Å². The predicted octanol–water partition coefficient (Wildman–Crippen LogP) is 7.87. The Morgan fingerprint density at radius 3 is 2.46 bits per heavy atom. The predicted molar refractivity (Wildman–Crippen MR) is 144 cm³/mol. The van der Waals surface area contributed by atoms with E-state index in [9.17, 15) is 31.5 Å². The maximum atomic E-state index is 14.2. The zero-order chi connectivity index (χ0) is 29.1. The standard InChI is InChI=1S/C30H17ClF5N3O2/c31-23-4-3-19(32)13-21(23)27-26-22(29(41)39-27)9-16(15-2-1-14-5-6-37-24(14)10-15)11-25(26)38-28(40)17-7-18(30(34,35)36)12-20(33)8-17/h1-13,27,37H,(H,38,40)(H,39,41). The van der Waals surface area contributed by atoms with Crippen molar-refractivity contribution in [3.8, 4) is 11.1 Å². The largest absolute Gasteiger partial charge is 0.416 e. The highest BCUT2D eigenvalue weighted by Gasteiger charge is 2.36. The molecule has 6 rings (SSSR count). The Balaban J connectivity index is 1.51. The summed E-state index contributed by atoms with van der Waals surface area (Å²) in [5, 5.41) is 6.37. The van der Waals surface area contributed by atoms with Crippen LogP contribution in [0.5, 0.6) is 0 Å². The van der Waals surface area contributed by atoms with E-state index in [2.05, 4.69) is 15.6 Å². The molecular weight excluding hydrogens is 565 g/mol. The smallest absolute Gasteiger partial charge is 0.361 e. The quantitative estimate of drug-likeness (QED) is 0.189. The van der Waals surface area contributed by atoms with Crippen molar-refractivity contribution in [2.24, 2.45) is 0 Å². The number of amides is 2. The van der Waals surface area contributed by atoms with E-state index in [1.54, 1.807) is 24.4 Å². The monoisotopic (exact) mass is 581 g/mol. The molecule has 0 saturated carbocycles. The zero-order valence-electron chi connectivity index (χ0n) is 20.7. The summed E-state index contributed by atoms with van der Waals surface area (Å²) in [6, 6.07) is 14.6. The molecule has 206 valence electrons. The maximum absolute atomic E-state index is 14.2. The summed E-state index contributed by atoms with van der Waals surface area (Å²) in [6.45, 7) is 0. The number of aromatic nitrogens is 1. The van der Waals surface area contributed by atoms with Crippen molar-refractivity contribution in [2.75, 3.05) is 5.32 Å². The van der Waals surface area contributed by atoms with Crippen LogP contribution in [0.25, 0.3) is 22.0 Å². The van der Waals surface area contributed by atoms with Crippen LogP contribution in [0, 0.1) is 11.6 Å². The number of nitrogens with one attached hydrogen (secondary N) is 3. The fourth-order valence-electron chi connectivity index (χ4n) is 4.98. The minimum atomic E-state index is -4.88. The number of hydrogen-bond acceptors (Lipinski definition) is 2. The minimum absolute atomic E-state index is 0.0515. The molecule has 1 aromatic heterocycles. The molecule has 1 aliphatic heterocycles. The molecule has 1 aliphatic rings. The van der Waals surface area contributed by atoms with Crippen LogP contribution in [0.2, 0.25) is 5.02 Å². The van der Waals surface area contributed by atoms with Gasteiger partial charge in [0.1, 0.15) is 11.6 Å². The fraction of sp³-hybridized carbons (Fsp3) is 0.0667. The van der Waals surface area contributed by atoms with Crippen LogP contribution < -0.4 is 10.6 Å². The Bertz CT molecular complexity index is 1880. The third kappa shape index (κ3) is 4.91. The van der Waals surface area contributed by atoms with Gasteiger partial charge in [-0.1, -0.05) is 23.7 Å². The molecule has 0 fully saturated rings. The molecule has 0 saturated heterocycles. The summed E-state index contributed by atoms with van der Waals surface area (Å²) in [5.41, 5.74) is 0.703. The Hall–Kier alpha value is -4.70. The third-order valence-electron chi connectivity index (χ3n) is 6.88. The van der Waals surface area contributed by atoms with Crippen molar-refractivity contribution < 1.29 is 31.5 Å². The van der Waals surface area contributed by atoms with E-state index in [-0.39, 0.29) is 33.5 Å². The van der Waals surface area contributed by atoms with E-state index in [4.69, 9.17) is 11.6 Å². The summed E-state index contributed by atoms with van der Waals surface area (Å²) in [7, 11) is 0. The van der Waals surface area contributed by atoms with E-state index in [0.29, 0.717) is 23.3 Å².